The van der Waals surface area contributed by atoms with Crippen LogP contribution >= 0.6 is 23.2 Å². The first-order valence-corrected chi connectivity index (χ1v) is 11.1. The molecular formula is C19H22Cl2N2O4S. The van der Waals surface area contributed by atoms with Crippen molar-refractivity contribution in [3.63, 3.8) is 0 Å². The topological polar surface area (TPSA) is 75.7 Å². The van der Waals surface area contributed by atoms with Gasteiger partial charge in [0.2, 0.25) is 15.9 Å². The smallest absolute Gasteiger partial charge is 0.240 e. The molecule has 2 aromatic rings. The molecule has 0 saturated heterocycles. The van der Waals surface area contributed by atoms with E-state index in [2.05, 4.69) is 5.32 Å². The third-order valence-corrected chi connectivity index (χ3v) is 5.56. The first kappa shape index (κ1) is 22.3. The van der Waals surface area contributed by atoms with Crippen molar-refractivity contribution in [1.29, 1.82) is 0 Å². The molecule has 0 spiro atoms. The average Bonchev–Trinajstić information content (AvgIpc) is 2.59. The molecule has 9 heteroatoms. The summed E-state index contributed by atoms with van der Waals surface area (Å²) in [6.45, 7) is 4.01. The van der Waals surface area contributed by atoms with Crippen LogP contribution < -0.4 is 14.4 Å². The molecule has 1 amide bonds. The fourth-order valence-corrected chi connectivity index (χ4v) is 3.85. The van der Waals surface area contributed by atoms with Crippen molar-refractivity contribution in [3.05, 3.63) is 57.6 Å². The molecule has 0 unspecified atom stereocenters. The van der Waals surface area contributed by atoms with Crippen LogP contribution in [0.5, 0.6) is 5.75 Å². The summed E-state index contributed by atoms with van der Waals surface area (Å²) in [5.41, 5.74) is 2.29. The molecule has 0 radical (unpaired) electrons. The predicted octanol–water partition coefficient (Wildman–Crippen LogP) is 3.57. The maximum absolute atomic E-state index is 12.2. The molecule has 0 bridgehead atoms. The summed E-state index contributed by atoms with van der Waals surface area (Å²) in [7, 11) is -3.74. The van der Waals surface area contributed by atoms with Crippen molar-refractivity contribution in [1.82, 2.24) is 5.32 Å². The van der Waals surface area contributed by atoms with Crippen LogP contribution in [0.3, 0.4) is 0 Å². The maximum atomic E-state index is 12.2. The molecule has 0 heterocycles. The number of aryl methyl sites for hydroxylation is 2. The van der Waals surface area contributed by atoms with E-state index in [1.54, 1.807) is 6.07 Å². The Bertz CT molecular complexity index is 964. The van der Waals surface area contributed by atoms with Crippen LogP contribution in [0.4, 0.5) is 5.69 Å². The molecule has 2 rings (SSSR count). The van der Waals surface area contributed by atoms with Crippen molar-refractivity contribution in [2.24, 2.45) is 0 Å². The largest absolute Gasteiger partial charge is 0.491 e. The number of anilines is 1. The fourth-order valence-electron chi connectivity index (χ4n) is 2.56. The Hall–Kier alpha value is -1.96. The number of hydrogen-bond acceptors (Lipinski definition) is 4. The molecule has 6 nitrogen and oxygen atoms in total. The van der Waals surface area contributed by atoms with Crippen molar-refractivity contribution in [3.8, 4) is 5.75 Å². The summed E-state index contributed by atoms with van der Waals surface area (Å²) in [6, 6.07) is 10.2. The first-order valence-electron chi connectivity index (χ1n) is 8.47. The molecule has 28 heavy (non-hydrogen) atoms. The summed E-state index contributed by atoms with van der Waals surface area (Å²) in [6.07, 6.45) is 1.00. The van der Waals surface area contributed by atoms with E-state index < -0.39 is 22.5 Å². The van der Waals surface area contributed by atoms with E-state index in [0.717, 1.165) is 27.4 Å². The fraction of sp³-hybridized carbons (Fsp3) is 0.316. The SMILES string of the molecule is Cc1ccc(OCCNC(=O)CN(c2cc(Cl)ccc2Cl)S(C)(=O)=O)c(C)c1. The van der Waals surface area contributed by atoms with E-state index in [9.17, 15) is 13.2 Å². The highest BCUT2D eigenvalue weighted by Gasteiger charge is 2.23. The zero-order chi connectivity index (χ0) is 20.9. The second-order valence-corrected chi connectivity index (χ2v) is 9.08. The van der Waals surface area contributed by atoms with E-state index >= 15 is 0 Å². The highest BCUT2D eigenvalue weighted by Crippen LogP contribution is 2.30. The van der Waals surface area contributed by atoms with Crippen LogP contribution in [0, 0.1) is 13.8 Å². The first-order chi connectivity index (χ1) is 13.1. The molecular weight excluding hydrogens is 423 g/mol. The lowest BCUT2D eigenvalue weighted by Gasteiger charge is -2.23. The Morgan fingerprint density at radius 1 is 1.14 bits per heavy atom. The van der Waals surface area contributed by atoms with Gasteiger partial charge in [-0.15, -0.1) is 0 Å². The van der Waals surface area contributed by atoms with E-state index in [4.69, 9.17) is 27.9 Å². The third-order valence-electron chi connectivity index (χ3n) is 3.88. The number of carbonyl (C=O) groups excluding carboxylic acids is 1. The summed E-state index contributed by atoms with van der Waals surface area (Å²) >= 11 is 12.0. The van der Waals surface area contributed by atoms with Gasteiger partial charge < -0.3 is 10.1 Å². The Morgan fingerprint density at radius 3 is 2.50 bits per heavy atom. The quantitative estimate of drug-likeness (QED) is 0.631. The zero-order valence-corrected chi connectivity index (χ0v) is 18.2. The molecule has 0 fully saturated rings. The number of nitrogens with zero attached hydrogens (tertiary/aromatic N) is 1. The number of nitrogens with one attached hydrogen (secondary N) is 1. The van der Waals surface area contributed by atoms with Gasteiger partial charge in [0.1, 0.15) is 18.9 Å². The molecule has 0 aliphatic carbocycles. The number of hydrogen-bond donors (Lipinski definition) is 1. The summed E-state index contributed by atoms with van der Waals surface area (Å²) < 4.78 is 30.8. The van der Waals surface area contributed by atoms with Crippen molar-refractivity contribution < 1.29 is 17.9 Å². The van der Waals surface area contributed by atoms with Crippen molar-refractivity contribution >= 4 is 44.8 Å². The Labute approximate surface area is 175 Å². The normalized spacial score (nSPS) is 11.2. The number of carbonyl (C=O) groups is 1. The van der Waals surface area contributed by atoms with E-state index in [-0.39, 0.29) is 23.9 Å². The van der Waals surface area contributed by atoms with Gasteiger partial charge >= 0.3 is 0 Å². The van der Waals surface area contributed by atoms with Crippen LogP contribution in [0.1, 0.15) is 11.1 Å². The lowest BCUT2D eigenvalue weighted by Crippen LogP contribution is -2.41. The summed E-state index contributed by atoms with van der Waals surface area (Å²) in [4.78, 5) is 12.2. The van der Waals surface area contributed by atoms with Gasteiger partial charge in [-0.1, -0.05) is 40.9 Å². The average molecular weight is 445 g/mol. The summed E-state index contributed by atoms with van der Waals surface area (Å²) in [5.74, 6) is 0.258. The van der Waals surface area contributed by atoms with Gasteiger partial charge in [-0.3, -0.25) is 9.10 Å². The molecule has 1 N–H and O–H groups in total. The van der Waals surface area contributed by atoms with Crippen LogP contribution in [0.15, 0.2) is 36.4 Å². The van der Waals surface area contributed by atoms with Crippen LogP contribution in [-0.4, -0.2) is 40.3 Å². The number of benzene rings is 2. The van der Waals surface area contributed by atoms with Gasteiger partial charge in [-0.05, 0) is 43.7 Å². The molecule has 0 aliphatic rings. The van der Waals surface area contributed by atoms with Gasteiger partial charge in [-0.25, -0.2) is 8.42 Å². The molecule has 0 saturated carbocycles. The van der Waals surface area contributed by atoms with Gasteiger partial charge in [0.05, 0.1) is 23.5 Å². The van der Waals surface area contributed by atoms with Crippen LogP contribution in [0.2, 0.25) is 10.0 Å². The minimum absolute atomic E-state index is 0.151. The van der Waals surface area contributed by atoms with Crippen LogP contribution in [-0.2, 0) is 14.8 Å². The predicted molar refractivity (Wildman–Crippen MR) is 113 cm³/mol. The van der Waals surface area contributed by atoms with E-state index in [1.165, 1.54) is 12.1 Å². The maximum Gasteiger partial charge on any atom is 0.240 e. The Balaban J connectivity index is 1.96. The summed E-state index contributed by atoms with van der Waals surface area (Å²) in [5, 5.41) is 3.14. The highest BCUT2D eigenvalue weighted by atomic mass is 35.5. The number of ether oxygens (including phenoxy) is 1. The monoisotopic (exact) mass is 444 g/mol. The lowest BCUT2D eigenvalue weighted by atomic mass is 10.1. The second kappa shape index (κ2) is 9.49. The van der Waals surface area contributed by atoms with E-state index in [0.29, 0.717) is 5.02 Å². The number of halogens is 2. The minimum atomic E-state index is -3.74. The van der Waals surface area contributed by atoms with Crippen molar-refractivity contribution in [2.45, 2.75) is 13.8 Å². The molecule has 2 aromatic carbocycles. The van der Waals surface area contributed by atoms with Gasteiger partial charge in [0.25, 0.3) is 0 Å². The van der Waals surface area contributed by atoms with Gasteiger partial charge in [-0.2, -0.15) is 0 Å². The molecule has 0 aromatic heterocycles. The lowest BCUT2D eigenvalue weighted by molar-refractivity contribution is -0.119. The Morgan fingerprint density at radius 2 is 1.86 bits per heavy atom. The molecule has 0 atom stereocenters. The number of sulfonamides is 1. The van der Waals surface area contributed by atoms with Crippen LogP contribution in [0.25, 0.3) is 0 Å². The second-order valence-electron chi connectivity index (χ2n) is 6.33. The third kappa shape index (κ3) is 6.29. The highest BCUT2D eigenvalue weighted by molar-refractivity contribution is 7.92. The van der Waals surface area contributed by atoms with Crippen molar-refractivity contribution in [2.75, 3.05) is 30.3 Å². The Kier molecular flexibility index (Phi) is 7.57. The van der Waals surface area contributed by atoms with E-state index in [1.807, 2.05) is 32.0 Å². The standard InChI is InChI=1S/C19H22Cl2N2O4S/c1-13-4-7-18(14(2)10-13)27-9-8-22-19(24)12-23(28(3,25)26)17-11-15(20)5-6-16(17)21/h4-7,10-11H,8-9,12H2,1-3H3,(H,22,24). The van der Waals surface area contributed by atoms with Gasteiger partial charge in [0.15, 0.2) is 0 Å². The minimum Gasteiger partial charge on any atom is -0.491 e. The number of amides is 1. The zero-order valence-electron chi connectivity index (χ0n) is 15.8. The van der Waals surface area contributed by atoms with Gasteiger partial charge in [0, 0.05) is 5.02 Å². The number of rotatable bonds is 8. The molecule has 0 aliphatic heterocycles. The molecule has 152 valence electrons.